The van der Waals surface area contributed by atoms with E-state index >= 15 is 0 Å². The highest BCUT2D eigenvalue weighted by Crippen LogP contribution is 2.44. The van der Waals surface area contributed by atoms with E-state index in [0.717, 1.165) is 45.4 Å². The molecule has 1 aliphatic carbocycles. The maximum Gasteiger partial charge on any atom is 0.274 e. The van der Waals surface area contributed by atoms with E-state index in [1.165, 1.54) is 18.2 Å². The summed E-state index contributed by atoms with van der Waals surface area (Å²) in [5.74, 6) is 0.0126. The van der Waals surface area contributed by atoms with Crippen LogP contribution in [0, 0.1) is 21.8 Å². The number of hydrogen-bond acceptors (Lipinski definition) is 4. The molecule has 1 aliphatic heterocycles. The molecular formula is C15H22Cl2FN3O2. The number of nitro groups is 1. The van der Waals surface area contributed by atoms with Crippen LogP contribution in [0.1, 0.15) is 30.9 Å². The predicted molar refractivity (Wildman–Crippen MR) is 92.1 cm³/mol. The van der Waals surface area contributed by atoms with Gasteiger partial charge in [0.15, 0.2) is 0 Å². The molecule has 0 radical (unpaired) electrons. The van der Waals surface area contributed by atoms with E-state index in [1.807, 2.05) is 0 Å². The second-order valence-electron chi connectivity index (χ2n) is 5.88. The number of piperazine rings is 1. The lowest BCUT2D eigenvalue weighted by Gasteiger charge is -2.43. The highest BCUT2D eigenvalue weighted by Gasteiger charge is 2.37. The zero-order valence-electron chi connectivity index (χ0n) is 12.7. The maximum atomic E-state index is 13.7. The van der Waals surface area contributed by atoms with Gasteiger partial charge in [-0.05, 0) is 30.9 Å². The van der Waals surface area contributed by atoms with Crippen molar-refractivity contribution in [1.29, 1.82) is 0 Å². The SMILES string of the molecule is Cl.Cl.O=[N+]([O-])c1ccc(F)cc1[C@H](C1CCC1)N1CCNCC1. The van der Waals surface area contributed by atoms with Crippen LogP contribution in [0.3, 0.4) is 0 Å². The quantitative estimate of drug-likeness (QED) is 0.656. The predicted octanol–water partition coefficient (Wildman–Crippen LogP) is 3.32. The molecule has 1 atom stereocenters. The number of nitrogens with zero attached hydrogens (tertiary/aromatic N) is 2. The third-order valence-electron chi connectivity index (χ3n) is 4.65. The summed E-state index contributed by atoms with van der Waals surface area (Å²) < 4.78 is 13.7. The van der Waals surface area contributed by atoms with Gasteiger partial charge in [0.25, 0.3) is 5.69 Å². The van der Waals surface area contributed by atoms with E-state index in [2.05, 4.69) is 10.2 Å². The Morgan fingerprint density at radius 3 is 2.43 bits per heavy atom. The van der Waals surface area contributed by atoms with E-state index in [1.54, 1.807) is 0 Å². The zero-order chi connectivity index (χ0) is 14.8. The van der Waals surface area contributed by atoms with Crippen molar-refractivity contribution in [3.8, 4) is 0 Å². The van der Waals surface area contributed by atoms with Gasteiger partial charge in [-0.1, -0.05) is 6.42 Å². The maximum absolute atomic E-state index is 13.7. The molecule has 0 spiro atoms. The molecule has 5 nitrogen and oxygen atoms in total. The number of rotatable bonds is 4. The topological polar surface area (TPSA) is 58.4 Å². The average Bonchev–Trinajstić information content (AvgIpc) is 2.43. The third-order valence-corrected chi connectivity index (χ3v) is 4.65. The van der Waals surface area contributed by atoms with Crippen LogP contribution in [0.15, 0.2) is 18.2 Å². The Hall–Kier alpha value is -0.950. The van der Waals surface area contributed by atoms with Crippen molar-refractivity contribution >= 4 is 30.5 Å². The Labute approximate surface area is 147 Å². The van der Waals surface area contributed by atoms with Crippen molar-refractivity contribution in [3.63, 3.8) is 0 Å². The molecule has 0 amide bonds. The second-order valence-corrected chi connectivity index (χ2v) is 5.88. The first-order chi connectivity index (χ1) is 10.2. The van der Waals surface area contributed by atoms with E-state index < -0.39 is 5.82 Å². The van der Waals surface area contributed by atoms with Gasteiger partial charge >= 0.3 is 0 Å². The molecule has 1 heterocycles. The van der Waals surface area contributed by atoms with Crippen LogP contribution in [-0.4, -0.2) is 36.0 Å². The molecule has 1 saturated carbocycles. The second kappa shape index (κ2) is 8.78. The monoisotopic (exact) mass is 365 g/mol. The molecule has 23 heavy (non-hydrogen) atoms. The van der Waals surface area contributed by atoms with Gasteiger partial charge in [-0.2, -0.15) is 0 Å². The largest absolute Gasteiger partial charge is 0.314 e. The van der Waals surface area contributed by atoms with Gasteiger partial charge in [-0.15, -0.1) is 24.8 Å². The van der Waals surface area contributed by atoms with E-state index in [-0.39, 0.29) is 41.5 Å². The minimum absolute atomic E-state index is 0. The lowest BCUT2D eigenvalue weighted by Crippen LogP contribution is -2.48. The van der Waals surface area contributed by atoms with E-state index in [0.29, 0.717) is 11.5 Å². The summed E-state index contributed by atoms with van der Waals surface area (Å²) in [4.78, 5) is 13.2. The lowest BCUT2D eigenvalue weighted by atomic mass is 9.76. The van der Waals surface area contributed by atoms with Crippen LogP contribution in [-0.2, 0) is 0 Å². The first kappa shape index (κ1) is 20.1. The highest BCUT2D eigenvalue weighted by atomic mass is 35.5. The van der Waals surface area contributed by atoms with Crippen molar-refractivity contribution < 1.29 is 9.31 Å². The standard InChI is InChI=1S/C15H20FN3O2.2ClH/c16-12-4-5-14(19(20)21)13(10-12)15(11-2-1-3-11)18-8-6-17-7-9-18;;/h4-5,10-11,15,17H,1-3,6-9H2;2*1H/t15-;;/m0../s1. The summed E-state index contributed by atoms with van der Waals surface area (Å²) in [6.45, 7) is 3.47. The molecule has 8 heteroatoms. The van der Waals surface area contributed by atoms with Gasteiger partial charge in [0.2, 0.25) is 0 Å². The van der Waals surface area contributed by atoms with Crippen LogP contribution in [0.5, 0.6) is 0 Å². The van der Waals surface area contributed by atoms with Crippen molar-refractivity contribution in [2.24, 2.45) is 5.92 Å². The molecule has 1 aromatic rings. The van der Waals surface area contributed by atoms with Crippen LogP contribution in [0.2, 0.25) is 0 Å². The zero-order valence-corrected chi connectivity index (χ0v) is 14.4. The fourth-order valence-electron chi connectivity index (χ4n) is 3.39. The first-order valence-corrected chi connectivity index (χ1v) is 7.55. The van der Waals surface area contributed by atoms with Gasteiger partial charge in [0.1, 0.15) is 5.82 Å². The number of halogens is 3. The molecule has 2 aliphatic rings. The summed E-state index contributed by atoms with van der Waals surface area (Å²) in [7, 11) is 0. The van der Waals surface area contributed by atoms with E-state index in [4.69, 9.17) is 0 Å². The van der Waals surface area contributed by atoms with Crippen molar-refractivity contribution in [1.82, 2.24) is 10.2 Å². The Morgan fingerprint density at radius 2 is 1.91 bits per heavy atom. The molecule has 1 saturated heterocycles. The molecule has 1 N–H and O–H groups in total. The summed E-state index contributed by atoms with van der Waals surface area (Å²) in [5.41, 5.74) is 0.596. The minimum atomic E-state index is -0.393. The third kappa shape index (κ3) is 4.32. The van der Waals surface area contributed by atoms with Gasteiger partial charge < -0.3 is 5.32 Å². The fraction of sp³-hybridized carbons (Fsp3) is 0.600. The minimum Gasteiger partial charge on any atom is -0.314 e. The highest BCUT2D eigenvalue weighted by molar-refractivity contribution is 5.85. The van der Waals surface area contributed by atoms with Crippen LogP contribution >= 0.6 is 24.8 Å². The number of hydrogen-bond donors (Lipinski definition) is 1. The molecule has 130 valence electrons. The van der Waals surface area contributed by atoms with Crippen LogP contribution in [0.4, 0.5) is 10.1 Å². The average molecular weight is 366 g/mol. The summed E-state index contributed by atoms with van der Waals surface area (Å²) in [6, 6.07) is 3.82. The molecule has 0 aromatic heterocycles. The van der Waals surface area contributed by atoms with E-state index in [9.17, 15) is 14.5 Å². The Morgan fingerprint density at radius 1 is 1.26 bits per heavy atom. The van der Waals surface area contributed by atoms with Gasteiger partial charge in [-0.25, -0.2) is 4.39 Å². The molecule has 3 rings (SSSR count). The number of nitrogens with one attached hydrogen (secondary N) is 1. The molecule has 0 bridgehead atoms. The molecule has 1 aromatic carbocycles. The van der Waals surface area contributed by atoms with Crippen LogP contribution < -0.4 is 5.32 Å². The van der Waals surface area contributed by atoms with Crippen molar-refractivity contribution in [2.45, 2.75) is 25.3 Å². The normalized spacial score (nSPS) is 19.9. The van der Waals surface area contributed by atoms with Gasteiger partial charge in [0, 0.05) is 38.3 Å². The van der Waals surface area contributed by atoms with Gasteiger partial charge in [-0.3, -0.25) is 15.0 Å². The smallest absolute Gasteiger partial charge is 0.274 e. The molecule has 0 unspecified atom stereocenters. The number of benzene rings is 1. The first-order valence-electron chi connectivity index (χ1n) is 7.55. The van der Waals surface area contributed by atoms with Gasteiger partial charge in [0.05, 0.1) is 10.5 Å². The number of nitro benzene ring substituents is 1. The fourth-order valence-corrected chi connectivity index (χ4v) is 3.39. The Kier molecular flexibility index (Phi) is 7.67. The summed E-state index contributed by atoms with van der Waals surface area (Å²) in [6.07, 6.45) is 3.31. The van der Waals surface area contributed by atoms with Crippen LogP contribution in [0.25, 0.3) is 0 Å². The Bertz CT molecular complexity index is 537. The lowest BCUT2D eigenvalue weighted by molar-refractivity contribution is -0.386. The summed E-state index contributed by atoms with van der Waals surface area (Å²) >= 11 is 0. The van der Waals surface area contributed by atoms with Crippen molar-refractivity contribution in [2.75, 3.05) is 26.2 Å². The molecule has 2 fully saturated rings. The van der Waals surface area contributed by atoms with Crippen molar-refractivity contribution in [3.05, 3.63) is 39.7 Å². The Balaban J connectivity index is 0.00000132. The molecular weight excluding hydrogens is 344 g/mol. The summed E-state index contributed by atoms with van der Waals surface area (Å²) in [5, 5.41) is 14.6.